The summed E-state index contributed by atoms with van der Waals surface area (Å²) in [5.74, 6) is 1.89. The van der Waals surface area contributed by atoms with Gasteiger partial charge in [0.2, 0.25) is 0 Å². The van der Waals surface area contributed by atoms with Gasteiger partial charge in [0, 0.05) is 6.07 Å². The SMILES string of the molecule is Cc1cc2c(o1)c(-c1ccc(CO)o1)nn2-c1ccccc1. The second-order valence-corrected chi connectivity index (χ2v) is 5.09. The van der Waals surface area contributed by atoms with E-state index < -0.39 is 0 Å². The van der Waals surface area contributed by atoms with Crippen molar-refractivity contribution < 1.29 is 13.9 Å². The molecule has 4 rings (SSSR count). The monoisotopic (exact) mass is 294 g/mol. The molecule has 4 aromatic rings. The minimum absolute atomic E-state index is 0.139. The van der Waals surface area contributed by atoms with Crippen LogP contribution in [0.3, 0.4) is 0 Å². The molecule has 0 amide bonds. The molecule has 5 heteroatoms. The summed E-state index contributed by atoms with van der Waals surface area (Å²) in [6.45, 7) is 1.76. The van der Waals surface area contributed by atoms with Gasteiger partial charge < -0.3 is 13.9 Å². The van der Waals surface area contributed by atoms with E-state index in [-0.39, 0.29) is 6.61 Å². The predicted molar refractivity (Wildman–Crippen MR) is 81.7 cm³/mol. The zero-order valence-corrected chi connectivity index (χ0v) is 12.0. The Hall–Kier alpha value is -2.79. The fraction of sp³-hybridized carbons (Fsp3) is 0.118. The molecule has 0 aliphatic carbocycles. The van der Waals surface area contributed by atoms with Crippen molar-refractivity contribution in [2.75, 3.05) is 0 Å². The Morgan fingerprint density at radius 2 is 1.91 bits per heavy atom. The van der Waals surface area contributed by atoms with Crippen LogP contribution in [0.15, 0.2) is 57.4 Å². The highest BCUT2D eigenvalue weighted by molar-refractivity contribution is 5.88. The van der Waals surface area contributed by atoms with Gasteiger partial charge in [-0.05, 0) is 31.2 Å². The number of aliphatic hydroxyl groups excluding tert-OH is 1. The molecule has 0 atom stereocenters. The van der Waals surface area contributed by atoms with Crippen LogP contribution in [0, 0.1) is 6.92 Å². The third-order valence-electron chi connectivity index (χ3n) is 3.53. The molecule has 5 nitrogen and oxygen atoms in total. The Morgan fingerprint density at radius 1 is 1.09 bits per heavy atom. The summed E-state index contributed by atoms with van der Waals surface area (Å²) in [7, 11) is 0. The third kappa shape index (κ3) is 1.95. The van der Waals surface area contributed by atoms with E-state index in [0.717, 1.165) is 17.0 Å². The maximum atomic E-state index is 9.16. The molecule has 3 aromatic heterocycles. The van der Waals surface area contributed by atoms with E-state index in [2.05, 4.69) is 5.10 Å². The average molecular weight is 294 g/mol. The lowest BCUT2D eigenvalue weighted by Crippen LogP contribution is -1.95. The molecule has 0 aliphatic heterocycles. The number of aromatic nitrogens is 2. The van der Waals surface area contributed by atoms with E-state index in [1.807, 2.05) is 48.0 Å². The molecular weight excluding hydrogens is 280 g/mol. The maximum absolute atomic E-state index is 9.16. The summed E-state index contributed by atoms with van der Waals surface area (Å²) in [5, 5.41) is 13.8. The molecule has 0 saturated heterocycles. The number of furan rings is 2. The van der Waals surface area contributed by atoms with E-state index >= 15 is 0 Å². The van der Waals surface area contributed by atoms with Gasteiger partial charge in [0.05, 0.1) is 5.69 Å². The lowest BCUT2D eigenvalue weighted by molar-refractivity contribution is 0.248. The molecule has 0 saturated carbocycles. The number of aryl methyl sites for hydroxylation is 1. The van der Waals surface area contributed by atoms with Crippen LogP contribution in [0.2, 0.25) is 0 Å². The lowest BCUT2D eigenvalue weighted by Gasteiger charge is -2.00. The van der Waals surface area contributed by atoms with Gasteiger partial charge in [0.25, 0.3) is 0 Å². The first-order valence-electron chi connectivity index (χ1n) is 7.01. The Bertz CT molecular complexity index is 932. The molecular formula is C17H14N2O3. The van der Waals surface area contributed by atoms with Gasteiger partial charge in [-0.15, -0.1) is 0 Å². The van der Waals surface area contributed by atoms with Crippen LogP contribution in [0.4, 0.5) is 0 Å². The Balaban J connectivity index is 1.96. The Kier molecular flexibility index (Phi) is 2.87. The van der Waals surface area contributed by atoms with Crippen LogP contribution in [0.5, 0.6) is 0 Å². The number of fused-ring (bicyclic) bond motifs is 1. The van der Waals surface area contributed by atoms with Crippen molar-refractivity contribution in [3.8, 4) is 17.1 Å². The summed E-state index contributed by atoms with van der Waals surface area (Å²) in [5.41, 5.74) is 3.15. The van der Waals surface area contributed by atoms with Crippen LogP contribution in [-0.4, -0.2) is 14.9 Å². The molecule has 0 fully saturated rings. The topological polar surface area (TPSA) is 64.3 Å². The fourth-order valence-electron chi connectivity index (χ4n) is 2.54. The number of hydrogen-bond donors (Lipinski definition) is 1. The number of hydrogen-bond acceptors (Lipinski definition) is 4. The van der Waals surface area contributed by atoms with Crippen molar-refractivity contribution in [1.82, 2.24) is 9.78 Å². The van der Waals surface area contributed by atoms with Gasteiger partial charge in [-0.1, -0.05) is 18.2 Å². The Morgan fingerprint density at radius 3 is 2.64 bits per heavy atom. The van der Waals surface area contributed by atoms with Gasteiger partial charge in [-0.25, -0.2) is 4.68 Å². The summed E-state index contributed by atoms with van der Waals surface area (Å²) < 4.78 is 13.2. The van der Waals surface area contributed by atoms with Crippen LogP contribution in [0.1, 0.15) is 11.5 Å². The van der Waals surface area contributed by atoms with Crippen molar-refractivity contribution in [1.29, 1.82) is 0 Å². The van der Waals surface area contributed by atoms with Crippen LogP contribution >= 0.6 is 0 Å². The average Bonchev–Trinajstić information content (AvgIpc) is 3.22. The Labute approximate surface area is 126 Å². The first kappa shape index (κ1) is 12.9. The molecule has 22 heavy (non-hydrogen) atoms. The van der Waals surface area contributed by atoms with E-state index in [1.165, 1.54) is 0 Å². The molecule has 0 spiro atoms. The standard InChI is InChI=1S/C17H14N2O3/c1-11-9-14-17(21-11)16(15-8-7-13(10-20)22-15)18-19(14)12-5-3-2-4-6-12/h2-9,20H,10H2,1H3. The largest absolute Gasteiger partial charge is 0.457 e. The summed E-state index contributed by atoms with van der Waals surface area (Å²) in [6, 6.07) is 15.3. The fourth-order valence-corrected chi connectivity index (χ4v) is 2.54. The van der Waals surface area contributed by atoms with E-state index in [4.69, 9.17) is 13.9 Å². The molecule has 0 bridgehead atoms. The molecule has 0 aliphatic rings. The van der Waals surface area contributed by atoms with Crippen molar-refractivity contribution in [2.24, 2.45) is 0 Å². The number of aliphatic hydroxyl groups is 1. The summed E-state index contributed by atoms with van der Waals surface area (Å²) in [6.07, 6.45) is 0. The van der Waals surface area contributed by atoms with Gasteiger partial charge in [-0.2, -0.15) is 5.10 Å². The van der Waals surface area contributed by atoms with Crippen LogP contribution in [-0.2, 0) is 6.61 Å². The number of para-hydroxylation sites is 1. The quantitative estimate of drug-likeness (QED) is 0.626. The van der Waals surface area contributed by atoms with E-state index in [9.17, 15) is 0 Å². The van der Waals surface area contributed by atoms with Gasteiger partial charge in [0.1, 0.15) is 23.6 Å². The van der Waals surface area contributed by atoms with Gasteiger partial charge >= 0.3 is 0 Å². The number of nitrogens with zero attached hydrogens (tertiary/aromatic N) is 2. The smallest absolute Gasteiger partial charge is 0.183 e. The molecule has 0 radical (unpaired) electrons. The van der Waals surface area contributed by atoms with Crippen molar-refractivity contribution in [3.63, 3.8) is 0 Å². The zero-order chi connectivity index (χ0) is 15.1. The second-order valence-electron chi connectivity index (χ2n) is 5.09. The highest BCUT2D eigenvalue weighted by Gasteiger charge is 2.20. The first-order valence-corrected chi connectivity index (χ1v) is 7.01. The van der Waals surface area contributed by atoms with Crippen LogP contribution in [0.25, 0.3) is 28.2 Å². The van der Waals surface area contributed by atoms with Crippen LogP contribution < -0.4 is 0 Å². The van der Waals surface area contributed by atoms with Gasteiger partial charge in [-0.3, -0.25) is 0 Å². The highest BCUT2D eigenvalue weighted by atomic mass is 16.4. The number of benzene rings is 1. The van der Waals surface area contributed by atoms with Crippen molar-refractivity contribution in [3.05, 3.63) is 60.1 Å². The summed E-state index contributed by atoms with van der Waals surface area (Å²) >= 11 is 0. The molecule has 0 unspecified atom stereocenters. The van der Waals surface area contributed by atoms with Crippen molar-refractivity contribution in [2.45, 2.75) is 13.5 Å². The molecule has 3 heterocycles. The van der Waals surface area contributed by atoms with Crippen molar-refractivity contribution >= 4 is 11.1 Å². The molecule has 110 valence electrons. The maximum Gasteiger partial charge on any atom is 0.183 e. The molecule has 1 aromatic carbocycles. The van der Waals surface area contributed by atoms with E-state index in [0.29, 0.717) is 22.8 Å². The lowest BCUT2D eigenvalue weighted by atomic mass is 10.3. The highest BCUT2D eigenvalue weighted by Crippen LogP contribution is 2.33. The predicted octanol–water partition coefficient (Wildman–Crippen LogP) is 3.68. The molecule has 1 N–H and O–H groups in total. The minimum Gasteiger partial charge on any atom is -0.457 e. The minimum atomic E-state index is -0.139. The zero-order valence-electron chi connectivity index (χ0n) is 12.0. The summed E-state index contributed by atoms with van der Waals surface area (Å²) in [4.78, 5) is 0. The third-order valence-corrected chi connectivity index (χ3v) is 3.53. The van der Waals surface area contributed by atoms with E-state index in [1.54, 1.807) is 12.1 Å². The normalized spacial score (nSPS) is 11.4. The number of rotatable bonds is 3. The first-order chi connectivity index (χ1) is 10.8. The van der Waals surface area contributed by atoms with Gasteiger partial charge in [0.15, 0.2) is 17.0 Å². The second kappa shape index (κ2) is 4.89.